The fourth-order valence-corrected chi connectivity index (χ4v) is 21.4. The molecule has 41 heteroatoms. The van der Waals surface area contributed by atoms with E-state index in [1.54, 1.807) is 6.92 Å². The molecule has 8 aliphatic heterocycles. The van der Waals surface area contributed by atoms with Crippen LogP contribution in [0.2, 0.25) is 0 Å². The van der Waals surface area contributed by atoms with Crippen molar-refractivity contribution in [2.24, 2.45) is 50.2 Å². The number of hydrogen-bond donors (Lipinski definition) is 22. The highest BCUT2D eigenvalue weighted by Crippen LogP contribution is 2.76. The van der Waals surface area contributed by atoms with Crippen LogP contribution in [0.1, 0.15) is 113 Å². The highest BCUT2D eigenvalue weighted by atomic mass is 16.8. The van der Waals surface area contributed by atoms with Gasteiger partial charge in [0.25, 0.3) is 0 Å². The summed E-state index contributed by atoms with van der Waals surface area (Å²) in [5, 5.41) is 244. The Morgan fingerprint density at radius 3 is 1.51 bits per heavy atom. The molecule has 4 unspecified atom stereocenters. The van der Waals surface area contributed by atoms with Crippen LogP contribution in [0.4, 0.5) is 0 Å². The molecular weight excluding hydrogens is 1560 g/mol. The molecule has 0 spiro atoms. The van der Waals surface area contributed by atoms with Gasteiger partial charge < -0.3 is 193 Å². The molecule has 8 heterocycles. The minimum atomic E-state index is -2.24. The SMILES string of the molecule is C[C@@H]1O[C@@H](O[C@H]2[C@H](OC(=O)[C@]34CCC(C)(C)CC3C3=CCC5[C@@]6(C)CCC(O[C@@H]7O[C@H](C(=O)O)[C@@H](O)[C@H](O[C@@H]8OC[C@@H](O)[C@H](O)[C@H]8O)[C@H]7O[C@@H]7O[C@H](CO)[C@H](O)[C@H](O)[C@H]7O)[C@@](C)(C=O)C6CC[C@@]5(C)[C@]3(C)C[C@H]4O)O[C@H](C)[C@@H](O)[C@@H]2O)[C@H](O)[C@H](O[C@@H]2O[C@H](CO)[C@@H](O)[C@H](O)[C@H]2O)[C@H]1O[C@@H]1OC[C@@H](O)[C@H](O[C@@H]2OC[C@@H](O)[C@H](O)[C@H]2O)[C@H]1O. The number of carboxylic acid groups (broad SMARTS) is 1. The zero-order chi connectivity index (χ0) is 84.6. The van der Waals surface area contributed by atoms with Crippen LogP contribution in [0.25, 0.3) is 0 Å². The van der Waals surface area contributed by atoms with Gasteiger partial charge in [-0.2, -0.15) is 0 Å². The fourth-order valence-electron chi connectivity index (χ4n) is 21.4. The number of aliphatic carboxylic acids is 1. The first-order valence-electron chi connectivity index (χ1n) is 39.9. The molecule has 8 saturated heterocycles. The number of carboxylic acids is 1. The second-order valence-electron chi connectivity index (χ2n) is 35.9. The molecular formula is C75H118O41. The number of allylic oxidation sites excluding steroid dienone is 2. The summed E-state index contributed by atoms with van der Waals surface area (Å²) in [7, 11) is 0. The Morgan fingerprint density at radius 1 is 0.448 bits per heavy atom. The highest BCUT2D eigenvalue weighted by molar-refractivity contribution is 5.80. The molecule has 0 aromatic heterocycles. The molecule has 5 aliphatic carbocycles. The van der Waals surface area contributed by atoms with Gasteiger partial charge in [0.15, 0.2) is 56.2 Å². The standard InChI is InChI=1S/C75H118O41/c1-25-38(83)45(90)58(114-66-52(97)56(112-64-48(93)43(88)41(86)32(19-76)106-64)53(26(2)105-66)109-63-51(96)54(31(81)23-103-63)110-61-46(91)39(84)29(79)21-101-61)67(104-25)116-69(100)75-16-15-70(3,4)17-28(75)27-9-10-35-71(5)13-12-37(72(6,24-78)34(71)11-14-73(35,7)74(27,8)18-36(75)82)108-68-59(115-65-49(94)44(89)42(87)33(20-77)107-65)55(50(95)57(113-68)60(98)99)111-62-47(92)40(85)30(80)22-102-62/h9,24-26,28-59,61-68,76-77,79-97H,10-23H2,1-8H3,(H,98,99)/t25-,26+,28?,29-,30-,31-,32-,33-,34?,35?,36-,37?,38-,39+,40+,41-,42+,43+,44+,45+,46-,47-,48-,49-,50+,51-,52-,53+,54+,55+,56+,57+,58-,59-,61+,62+,63+,64+,65+,66+,67+,68-,71+,72+,73-,74-,75-/m1/s1. The van der Waals surface area contributed by atoms with E-state index in [0.29, 0.717) is 38.5 Å². The molecule has 0 amide bonds. The lowest BCUT2D eigenvalue weighted by atomic mass is 9.33. The van der Waals surface area contributed by atoms with Crippen LogP contribution in [-0.4, -0.2) is 403 Å². The van der Waals surface area contributed by atoms with Crippen molar-refractivity contribution in [3.63, 3.8) is 0 Å². The maximum absolute atomic E-state index is 16.0. The smallest absolute Gasteiger partial charge is 0.335 e. The van der Waals surface area contributed by atoms with Gasteiger partial charge in [0, 0.05) is 0 Å². The number of esters is 1. The number of aliphatic hydroxyl groups is 21. The van der Waals surface area contributed by atoms with Crippen LogP contribution in [0.3, 0.4) is 0 Å². The molecule has 13 aliphatic rings. The minimum absolute atomic E-state index is 0.0148. The fraction of sp³-hybridized carbons (Fsp3) is 0.933. The molecule has 47 atom stereocenters. The Kier molecular flexibility index (Phi) is 26.9. The van der Waals surface area contributed by atoms with Gasteiger partial charge in [-0.15, -0.1) is 0 Å². The van der Waals surface area contributed by atoms with Crippen molar-refractivity contribution < 1.29 is 203 Å². The molecule has 0 aromatic carbocycles. The van der Waals surface area contributed by atoms with Crippen LogP contribution in [0.15, 0.2) is 11.6 Å². The average molecular weight is 1680 g/mol. The van der Waals surface area contributed by atoms with Gasteiger partial charge >= 0.3 is 11.9 Å². The van der Waals surface area contributed by atoms with Crippen LogP contribution in [0.5, 0.6) is 0 Å². The first kappa shape index (κ1) is 90.6. The summed E-state index contributed by atoms with van der Waals surface area (Å²) in [5.74, 6) is -4.28. The molecule has 4 saturated carbocycles. The molecule has 22 N–H and O–H groups in total. The molecule has 664 valence electrons. The van der Waals surface area contributed by atoms with Gasteiger partial charge in [-0.25, -0.2) is 4.79 Å². The number of fused-ring (bicyclic) bond motifs is 7. The second-order valence-corrected chi connectivity index (χ2v) is 35.9. The molecule has 116 heavy (non-hydrogen) atoms. The van der Waals surface area contributed by atoms with Crippen LogP contribution in [-0.2, 0) is 90.2 Å². The van der Waals surface area contributed by atoms with E-state index in [-0.39, 0.29) is 25.2 Å². The number of carbonyl (C=O) groups excluding carboxylic acids is 2. The number of aldehydes is 1. The van der Waals surface area contributed by atoms with Gasteiger partial charge in [-0.1, -0.05) is 53.2 Å². The topological polar surface area (TPSA) is 644 Å². The van der Waals surface area contributed by atoms with Crippen molar-refractivity contribution >= 4 is 18.2 Å². The normalized spacial score (nSPS) is 55.0. The van der Waals surface area contributed by atoms with E-state index >= 15 is 4.79 Å². The first-order chi connectivity index (χ1) is 54.5. The average Bonchev–Trinajstić information content (AvgIpc) is 0.669. The van der Waals surface area contributed by atoms with Crippen molar-refractivity contribution in [2.45, 2.75) is 353 Å². The predicted octanol–water partition coefficient (Wildman–Crippen LogP) is -8.52. The van der Waals surface area contributed by atoms with E-state index in [4.69, 9.17) is 75.8 Å². The third kappa shape index (κ3) is 15.7. The van der Waals surface area contributed by atoms with Crippen molar-refractivity contribution in [3.8, 4) is 0 Å². The lowest BCUT2D eigenvalue weighted by Crippen LogP contribution is -2.69. The zero-order valence-electron chi connectivity index (χ0n) is 65.4. The number of aliphatic hydroxyl groups excluding tert-OH is 21. The molecule has 0 bridgehead atoms. The van der Waals surface area contributed by atoms with Crippen LogP contribution in [0, 0.1) is 50.2 Å². The van der Waals surface area contributed by atoms with Crippen LogP contribution >= 0.6 is 0 Å². The predicted molar refractivity (Wildman–Crippen MR) is 375 cm³/mol. The van der Waals surface area contributed by atoms with E-state index in [1.807, 2.05) is 13.8 Å². The summed E-state index contributed by atoms with van der Waals surface area (Å²) >= 11 is 0. The lowest BCUT2D eigenvalue weighted by Gasteiger charge is -2.71. The Morgan fingerprint density at radius 2 is 0.940 bits per heavy atom. The Labute approximate surface area is 666 Å². The van der Waals surface area contributed by atoms with Gasteiger partial charge in [0.2, 0.25) is 6.29 Å². The minimum Gasteiger partial charge on any atom is -0.479 e. The third-order valence-corrected chi connectivity index (χ3v) is 28.6. The number of hydrogen-bond acceptors (Lipinski definition) is 40. The van der Waals surface area contributed by atoms with Gasteiger partial charge in [-0.3, -0.25) is 4.79 Å². The molecule has 41 nitrogen and oxygen atoms in total. The third-order valence-electron chi connectivity index (χ3n) is 28.6. The van der Waals surface area contributed by atoms with E-state index in [0.717, 1.165) is 11.9 Å². The van der Waals surface area contributed by atoms with Crippen molar-refractivity contribution in [3.05, 3.63) is 11.6 Å². The first-order valence-corrected chi connectivity index (χ1v) is 39.9. The molecule has 13 rings (SSSR count). The van der Waals surface area contributed by atoms with Gasteiger partial charge in [-0.05, 0) is 111 Å². The Bertz CT molecular complexity index is 3420. The van der Waals surface area contributed by atoms with E-state index in [1.165, 1.54) is 13.8 Å². The summed E-state index contributed by atoms with van der Waals surface area (Å²) in [6.45, 7) is 11.2. The van der Waals surface area contributed by atoms with Crippen molar-refractivity contribution in [1.82, 2.24) is 0 Å². The van der Waals surface area contributed by atoms with Gasteiger partial charge in [0.1, 0.15) is 164 Å². The second kappa shape index (κ2) is 34.4. The maximum atomic E-state index is 16.0. The number of rotatable bonds is 20. The maximum Gasteiger partial charge on any atom is 0.335 e. The van der Waals surface area contributed by atoms with E-state index in [9.17, 15) is 122 Å². The highest BCUT2D eigenvalue weighted by Gasteiger charge is 2.73. The largest absolute Gasteiger partial charge is 0.479 e. The molecule has 0 radical (unpaired) electrons. The Hall–Kier alpha value is -3.09. The van der Waals surface area contributed by atoms with Crippen molar-refractivity contribution in [1.29, 1.82) is 0 Å². The van der Waals surface area contributed by atoms with E-state index in [2.05, 4.69) is 26.8 Å². The monoisotopic (exact) mass is 1670 g/mol. The summed E-state index contributed by atoms with van der Waals surface area (Å²) < 4.78 is 96.5. The zero-order valence-corrected chi connectivity index (χ0v) is 65.4. The number of carbonyl (C=O) groups is 3. The number of ether oxygens (including phenoxy) is 16. The lowest BCUT2D eigenvalue weighted by molar-refractivity contribution is -0.397. The quantitative estimate of drug-likeness (QED) is 0.0233. The van der Waals surface area contributed by atoms with Gasteiger partial charge in [0.05, 0.1) is 62.9 Å². The van der Waals surface area contributed by atoms with E-state index < -0.39 is 329 Å². The molecule has 12 fully saturated rings. The molecule has 0 aromatic rings. The summed E-state index contributed by atoms with van der Waals surface area (Å²) in [6, 6.07) is 0. The summed E-state index contributed by atoms with van der Waals surface area (Å²) in [6.07, 6.45) is -66.9. The summed E-state index contributed by atoms with van der Waals surface area (Å²) in [5.41, 5.74) is -5.19. The Balaban J connectivity index is 0.762. The van der Waals surface area contributed by atoms with Crippen LogP contribution < -0.4 is 0 Å². The summed E-state index contributed by atoms with van der Waals surface area (Å²) in [4.78, 5) is 43.4. The van der Waals surface area contributed by atoms with Crippen molar-refractivity contribution in [2.75, 3.05) is 33.0 Å².